The molecule has 0 saturated carbocycles. The quantitative estimate of drug-likeness (QED) is 0.807. The van der Waals surface area contributed by atoms with Crippen LogP contribution in [0, 0.1) is 5.41 Å². The number of fused-ring (bicyclic) bond motifs is 1. The molecule has 0 amide bonds. The summed E-state index contributed by atoms with van der Waals surface area (Å²) in [5.41, 5.74) is 0.240. The number of benzene rings is 1. The van der Waals surface area contributed by atoms with E-state index in [2.05, 4.69) is 0 Å². The first kappa shape index (κ1) is 14.3. The molecule has 1 heterocycles. The first-order chi connectivity index (χ1) is 9.31. The molecule has 20 heavy (non-hydrogen) atoms. The lowest BCUT2D eigenvalue weighted by Crippen LogP contribution is -2.22. The minimum absolute atomic E-state index is 0.0835. The topological polar surface area (TPSA) is 56.5 Å². The van der Waals surface area contributed by atoms with Gasteiger partial charge in [0.1, 0.15) is 17.1 Å². The lowest BCUT2D eigenvalue weighted by Gasteiger charge is -2.16. The molecule has 0 atom stereocenters. The Balaban J connectivity index is 2.53. The largest absolute Gasteiger partial charge is 0.497 e. The van der Waals surface area contributed by atoms with Gasteiger partial charge in [-0.25, -0.2) is 4.79 Å². The third-order valence-electron chi connectivity index (χ3n) is 3.22. The first-order valence-electron chi connectivity index (χ1n) is 6.45. The predicted molar refractivity (Wildman–Crippen MR) is 77.2 cm³/mol. The van der Waals surface area contributed by atoms with Gasteiger partial charge in [0.2, 0.25) is 0 Å². The lowest BCUT2D eigenvalue weighted by molar-refractivity contribution is -0.125. The summed E-state index contributed by atoms with van der Waals surface area (Å²) in [7, 11) is 1.55. The summed E-state index contributed by atoms with van der Waals surface area (Å²) in [4.78, 5) is 23.8. The van der Waals surface area contributed by atoms with Crippen LogP contribution in [0.4, 0.5) is 0 Å². The summed E-state index contributed by atoms with van der Waals surface area (Å²) in [6.45, 7) is 5.60. The number of rotatable bonds is 3. The molecule has 1 aromatic heterocycles. The summed E-state index contributed by atoms with van der Waals surface area (Å²) < 4.78 is 10.3. The highest BCUT2D eigenvalue weighted by Gasteiger charge is 2.22. The van der Waals surface area contributed by atoms with Gasteiger partial charge in [-0.1, -0.05) is 20.8 Å². The highest BCUT2D eigenvalue weighted by atomic mass is 16.5. The minimum atomic E-state index is -0.456. The van der Waals surface area contributed by atoms with Gasteiger partial charge in [-0.15, -0.1) is 0 Å². The highest BCUT2D eigenvalue weighted by molar-refractivity contribution is 5.91. The fraction of sp³-hybridized carbons (Fsp3) is 0.375. The molecule has 0 aliphatic rings. The second-order valence-electron chi connectivity index (χ2n) is 5.80. The van der Waals surface area contributed by atoms with E-state index in [9.17, 15) is 9.59 Å². The van der Waals surface area contributed by atoms with Crippen LogP contribution >= 0.6 is 0 Å². The number of hydrogen-bond donors (Lipinski definition) is 0. The number of carbonyl (C=O) groups excluding carboxylic acids is 1. The predicted octanol–water partition coefficient (Wildman–Crippen LogP) is 2.96. The Morgan fingerprint density at radius 1 is 1.25 bits per heavy atom. The zero-order valence-electron chi connectivity index (χ0n) is 12.1. The Labute approximate surface area is 117 Å². The summed E-state index contributed by atoms with van der Waals surface area (Å²) in [5, 5.41) is 0.767. The highest BCUT2D eigenvalue weighted by Crippen LogP contribution is 2.25. The van der Waals surface area contributed by atoms with E-state index in [0.717, 1.165) is 5.39 Å². The average molecular weight is 274 g/mol. The smallest absolute Gasteiger partial charge is 0.336 e. The van der Waals surface area contributed by atoms with Crippen LogP contribution in [0.2, 0.25) is 0 Å². The van der Waals surface area contributed by atoms with E-state index in [1.54, 1.807) is 19.2 Å². The molecule has 0 aliphatic heterocycles. The third-order valence-corrected chi connectivity index (χ3v) is 3.22. The van der Waals surface area contributed by atoms with Gasteiger partial charge >= 0.3 is 5.63 Å². The SMILES string of the molecule is COc1ccc2c(CC(=O)C(C)(C)C)cc(=O)oc2c1. The maximum absolute atomic E-state index is 12.2. The molecular weight excluding hydrogens is 256 g/mol. The van der Waals surface area contributed by atoms with Crippen molar-refractivity contribution in [2.45, 2.75) is 27.2 Å². The Morgan fingerprint density at radius 3 is 2.55 bits per heavy atom. The Kier molecular flexibility index (Phi) is 3.66. The number of ether oxygens (including phenoxy) is 1. The normalized spacial score (nSPS) is 11.6. The van der Waals surface area contributed by atoms with Crippen molar-refractivity contribution in [2.75, 3.05) is 7.11 Å². The Bertz CT molecular complexity index is 704. The van der Waals surface area contributed by atoms with Gasteiger partial charge in [-0.2, -0.15) is 0 Å². The standard InChI is InChI=1S/C16H18O4/c1-16(2,3)14(17)7-10-8-15(18)20-13-9-11(19-4)5-6-12(10)13/h5-6,8-9H,7H2,1-4H3. The van der Waals surface area contributed by atoms with E-state index in [4.69, 9.17) is 9.15 Å². The maximum atomic E-state index is 12.2. The molecule has 0 N–H and O–H groups in total. The summed E-state index contributed by atoms with van der Waals surface area (Å²) in [6.07, 6.45) is 0.220. The molecule has 2 aromatic rings. The van der Waals surface area contributed by atoms with Crippen molar-refractivity contribution in [3.63, 3.8) is 0 Å². The number of methoxy groups -OCH3 is 1. The summed E-state index contributed by atoms with van der Waals surface area (Å²) in [6, 6.07) is 6.63. The van der Waals surface area contributed by atoms with Gasteiger partial charge in [0.25, 0.3) is 0 Å². The van der Waals surface area contributed by atoms with Crippen LogP contribution in [0.5, 0.6) is 5.75 Å². The monoisotopic (exact) mass is 274 g/mol. The number of carbonyl (C=O) groups is 1. The van der Waals surface area contributed by atoms with Gasteiger partial charge < -0.3 is 9.15 Å². The lowest BCUT2D eigenvalue weighted by atomic mass is 9.86. The van der Waals surface area contributed by atoms with Crippen molar-refractivity contribution in [3.05, 3.63) is 40.2 Å². The van der Waals surface area contributed by atoms with Crippen LogP contribution in [0.3, 0.4) is 0 Å². The van der Waals surface area contributed by atoms with E-state index in [1.807, 2.05) is 26.8 Å². The Hall–Kier alpha value is -2.10. The second kappa shape index (κ2) is 5.12. The summed E-state index contributed by atoms with van der Waals surface area (Å²) >= 11 is 0. The zero-order chi connectivity index (χ0) is 14.9. The van der Waals surface area contributed by atoms with Crippen molar-refractivity contribution < 1.29 is 13.9 Å². The molecule has 0 aliphatic carbocycles. The van der Waals surface area contributed by atoms with Gasteiger partial charge in [0, 0.05) is 29.4 Å². The van der Waals surface area contributed by atoms with Gasteiger partial charge in [0.05, 0.1) is 7.11 Å². The van der Waals surface area contributed by atoms with Gasteiger partial charge in [-0.05, 0) is 17.7 Å². The molecule has 0 fully saturated rings. The number of hydrogen-bond acceptors (Lipinski definition) is 4. The van der Waals surface area contributed by atoms with E-state index < -0.39 is 11.0 Å². The van der Waals surface area contributed by atoms with Crippen molar-refractivity contribution >= 4 is 16.8 Å². The van der Waals surface area contributed by atoms with E-state index >= 15 is 0 Å². The second-order valence-corrected chi connectivity index (χ2v) is 5.80. The van der Waals surface area contributed by atoms with Gasteiger partial charge in [0.15, 0.2) is 0 Å². The van der Waals surface area contributed by atoms with Crippen LogP contribution in [0.15, 0.2) is 33.5 Å². The molecule has 0 saturated heterocycles. The summed E-state index contributed by atoms with van der Waals surface area (Å²) in [5.74, 6) is 0.695. The molecule has 0 radical (unpaired) electrons. The van der Waals surface area contributed by atoms with Gasteiger partial charge in [-0.3, -0.25) is 4.79 Å². The van der Waals surface area contributed by atoms with Crippen LogP contribution in [0.25, 0.3) is 11.0 Å². The molecular formula is C16H18O4. The third kappa shape index (κ3) is 2.90. The number of ketones is 1. The van der Waals surface area contributed by atoms with Crippen LogP contribution in [-0.2, 0) is 11.2 Å². The molecule has 4 heteroatoms. The van der Waals surface area contributed by atoms with Crippen molar-refractivity contribution in [1.29, 1.82) is 0 Å². The molecule has 0 unspecified atom stereocenters. The van der Waals surface area contributed by atoms with Crippen LogP contribution in [-0.4, -0.2) is 12.9 Å². The fourth-order valence-corrected chi connectivity index (χ4v) is 1.92. The average Bonchev–Trinajstić information content (AvgIpc) is 2.36. The minimum Gasteiger partial charge on any atom is -0.497 e. The van der Waals surface area contributed by atoms with E-state index in [0.29, 0.717) is 16.9 Å². The van der Waals surface area contributed by atoms with Crippen molar-refractivity contribution in [3.8, 4) is 5.75 Å². The van der Waals surface area contributed by atoms with E-state index in [1.165, 1.54) is 6.07 Å². The fourth-order valence-electron chi connectivity index (χ4n) is 1.92. The van der Waals surface area contributed by atoms with Crippen LogP contribution < -0.4 is 10.4 Å². The Morgan fingerprint density at radius 2 is 1.95 bits per heavy atom. The zero-order valence-corrected chi connectivity index (χ0v) is 12.1. The molecule has 0 bridgehead atoms. The number of Topliss-reactive ketones (excluding diaryl/α,β-unsaturated/α-hetero) is 1. The molecule has 1 aromatic carbocycles. The molecule has 106 valence electrons. The van der Waals surface area contributed by atoms with Crippen molar-refractivity contribution in [1.82, 2.24) is 0 Å². The van der Waals surface area contributed by atoms with E-state index in [-0.39, 0.29) is 12.2 Å². The first-order valence-corrected chi connectivity index (χ1v) is 6.45. The van der Waals surface area contributed by atoms with Crippen LogP contribution in [0.1, 0.15) is 26.3 Å². The molecule has 4 nitrogen and oxygen atoms in total. The molecule has 2 rings (SSSR count). The maximum Gasteiger partial charge on any atom is 0.336 e. The van der Waals surface area contributed by atoms with Crippen molar-refractivity contribution in [2.24, 2.45) is 5.41 Å². The molecule has 0 spiro atoms.